The first kappa shape index (κ1) is 10.4. The Morgan fingerprint density at radius 1 is 0.933 bits per heavy atom. The molecule has 76 valence electrons. The zero-order chi connectivity index (χ0) is 10.7. The van der Waals surface area contributed by atoms with Crippen LogP contribution < -0.4 is 0 Å². The molecule has 0 bridgehead atoms. The average molecular weight is 265 g/mol. The lowest BCUT2D eigenvalue weighted by atomic mass is 10.1. The van der Waals surface area contributed by atoms with Gasteiger partial charge in [0.1, 0.15) is 5.82 Å². The molecular weight excluding hydrogens is 255 g/mol. The van der Waals surface area contributed by atoms with Gasteiger partial charge in [0.25, 0.3) is 0 Å². The molecule has 0 N–H and O–H groups in total. The highest BCUT2D eigenvalue weighted by Crippen LogP contribution is 2.22. The van der Waals surface area contributed by atoms with E-state index in [4.69, 9.17) is 0 Å². The normalized spacial score (nSPS) is 10.3. The Morgan fingerprint density at radius 2 is 1.67 bits per heavy atom. The summed E-state index contributed by atoms with van der Waals surface area (Å²) in [5, 5.41) is 0. The van der Waals surface area contributed by atoms with Crippen LogP contribution in [0.3, 0.4) is 0 Å². The van der Waals surface area contributed by atoms with Crippen molar-refractivity contribution in [3.63, 3.8) is 0 Å². The Hall–Kier alpha value is -1.15. The monoisotopic (exact) mass is 264 g/mol. The fraction of sp³-hybridized carbons (Fsp3) is 0.0769. The third kappa shape index (κ3) is 2.45. The predicted octanol–water partition coefficient (Wildman–Crippen LogP) is 4.18. The van der Waals surface area contributed by atoms with Gasteiger partial charge in [-0.25, -0.2) is 4.39 Å². The minimum absolute atomic E-state index is 0.205. The Morgan fingerprint density at radius 3 is 2.40 bits per heavy atom. The largest absolute Gasteiger partial charge is 0.206 e. The van der Waals surface area contributed by atoms with Crippen LogP contribution in [0.5, 0.6) is 0 Å². The fourth-order valence-electron chi connectivity index (χ4n) is 1.50. The molecular formula is C13H10BrF. The summed E-state index contributed by atoms with van der Waals surface area (Å²) in [6.07, 6.45) is 0.749. The second-order valence-electron chi connectivity index (χ2n) is 3.38. The van der Waals surface area contributed by atoms with Gasteiger partial charge < -0.3 is 0 Å². The summed E-state index contributed by atoms with van der Waals surface area (Å²) in [5.74, 6) is -0.205. The van der Waals surface area contributed by atoms with Crippen LogP contribution in [0.2, 0.25) is 0 Å². The van der Waals surface area contributed by atoms with Crippen molar-refractivity contribution in [2.45, 2.75) is 6.42 Å². The van der Waals surface area contributed by atoms with Gasteiger partial charge in [-0.05, 0) is 39.5 Å². The van der Waals surface area contributed by atoms with Crippen LogP contribution in [0.4, 0.5) is 4.39 Å². The molecule has 0 saturated heterocycles. The lowest BCUT2D eigenvalue weighted by Crippen LogP contribution is -1.91. The summed E-state index contributed by atoms with van der Waals surface area (Å²) in [7, 11) is 0. The van der Waals surface area contributed by atoms with Crippen LogP contribution in [0, 0.1) is 5.82 Å². The second-order valence-corrected chi connectivity index (χ2v) is 4.17. The van der Waals surface area contributed by atoms with Crippen molar-refractivity contribution in [2.75, 3.05) is 0 Å². The third-order valence-corrected chi connectivity index (χ3v) is 3.16. The van der Waals surface area contributed by atoms with Crippen molar-refractivity contribution in [1.29, 1.82) is 0 Å². The molecule has 0 amide bonds. The topological polar surface area (TPSA) is 0 Å². The maximum atomic E-state index is 13.2. The highest BCUT2D eigenvalue weighted by molar-refractivity contribution is 9.10. The van der Waals surface area contributed by atoms with Gasteiger partial charge in [-0.15, -0.1) is 0 Å². The summed E-state index contributed by atoms with van der Waals surface area (Å²) in [6, 6.07) is 15.2. The van der Waals surface area contributed by atoms with Gasteiger partial charge in [0.15, 0.2) is 0 Å². The fourth-order valence-corrected chi connectivity index (χ4v) is 1.91. The van der Waals surface area contributed by atoms with E-state index in [1.807, 2.05) is 36.4 Å². The van der Waals surface area contributed by atoms with Gasteiger partial charge in [-0.2, -0.15) is 0 Å². The van der Waals surface area contributed by atoms with Crippen molar-refractivity contribution in [2.24, 2.45) is 0 Å². The van der Waals surface area contributed by atoms with E-state index in [1.165, 1.54) is 11.6 Å². The van der Waals surface area contributed by atoms with Crippen molar-refractivity contribution in [3.8, 4) is 0 Å². The van der Waals surface area contributed by atoms with Crippen LogP contribution in [0.15, 0.2) is 53.0 Å². The lowest BCUT2D eigenvalue weighted by Gasteiger charge is -2.05. The standard InChI is InChI=1S/C13H10BrF/c14-13-11(7-4-8-12(13)15)9-10-5-2-1-3-6-10/h1-8H,9H2. The van der Waals surface area contributed by atoms with Crippen LogP contribution in [0.1, 0.15) is 11.1 Å². The van der Waals surface area contributed by atoms with Gasteiger partial charge in [0.2, 0.25) is 0 Å². The Balaban J connectivity index is 2.29. The molecule has 0 atom stereocenters. The predicted molar refractivity (Wildman–Crippen MR) is 63.3 cm³/mol. The number of halogens is 2. The third-order valence-electron chi connectivity index (χ3n) is 2.27. The molecule has 0 spiro atoms. The minimum Gasteiger partial charge on any atom is -0.206 e. The number of hydrogen-bond donors (Lipinski definition) is 0. The Bertz CT molecular complexity index is 451. The van der Waals surface area contributed by atoms with Crippen molar-refractivity contribution in [3.05, 3.63) is 69.9 Å². The van der Waals surface area contributed by atoms with Gasteiger partial charge in [-0.1, -0.05) is 42.5 Å². The lowest BCUT2D eigenvalue weighted by molar-refractivity contribution is 0.619. The first-order chi connectivity index (χ1) is 7.27. The quantitative estimate of drug-likeness (QED) is 0.764. The highest BCUT2D eigenvalue weighted by atomic mass is 79.9. The Kier molecular flexibility index (Phi) is 3.17. The summed E-state index contributed by atoms with van der Waals surface area (Å²) in [4.78, 5) is 0. The molecule has 0 unspecified atom stereocenters. The maximum absolute atomic E-state index is 13.2. The average Bonchev–Trinajstić information content (AvgIpc) is 2.26. The van der Waals surface area contributed by atoms with Crippen LogP contribution in [0.25, 0.3) is 0 Å². The molecule has 0 saturated carbocycles. The smallest absolute Gasteiger partial charge is 0.137 e. The molecule has 0 aromatic heterocycles. The van der Waals surface area contributed by atoms with E-state index in [9.17, 15) is 4.39 Å². The zero-order valence-electron chi connectivity index (χ0n) is 8.08. The number of benzene rings is 2. The maximum Gasteiger partial charge on any atom is 0.137 e. The van der Waals surface area contributed by atoms with E-state index in [2.05, 4.69) is 15.9 Å². The van der Waals surface area contributed by atoms with E-state index in [0.29, 0.717) is 4.47 Å². The van der Waals surface area contributed by atoms with Gasteiger partial charge in [0, 0.05) is 0 Å². The molecule has 0 radical (unpaired) electrons. The Labute approximate surface area is 96.9 Å². The molecule has 2 aromatic carbocycles. The zero-order valence-corrected chi connectivity index (χ0v) is 9.67. The summed E-state index contributed by atoms with van der Waals surface area (Å²) in [6.45, 7) is 0. The molecule has 0 fully saturated rings. The van der Waals surface area contributed by atoms with Crippen LogP contribution >= 0.6 is 15.9 Å². The highest BCUT2D eigenvalue weighted by Gasteiger charge is 2.05. The second kappa shape index (κ2) is 4.58. The van der Waals surface area contributed by atoms with Crippen molar-refractivity contribution in [1.82, 2.24) is 0 Å². The first-order valence-electron chi connectivity index (χ1n) is 4.74. The van der Waals surface area contributed by atoms with Crippen LogP contribution in [-0.4, -0.2) is 0 Å². The molecule has 0 nitrogen and oxygen atoms in total. The molecule has 2 aromatic rings. The summed E-state index contributed by atoms with van der Waals surface area (Å²) in [5.41, 5.74) is 2.16. The van der Waals surface area contributed by atoms with E-state index in [1.54, 1.807) is 6.07 Å². The molecule has 0 aliphatic rings. The van der Waals surface area contributed by atoms with E-state index < -0.39 is 0 Å². The van der Waals surface area contributed by atoms with Crippen molar-refractivity contribution < 1.29 is 4.39 Å². The van der Waals surface area contributed by atoms with E-state index in [-0.39, 0.29) is 5.82 Å². The molecule has 2 rings (SSSR count). The number of hydrogen-bond acceptors (Lipinski definition) is 0. The summed E-state index contributed by atoms with van der Waals surface area (Å²) < 4.78 is 13.8. The van der Waals surface area contributed by atoms with E-state index >= 15 is 0 Å². The summed E-state index contributed by atoms with van der Waals surface area (Å²) >= 11 is 3.26. The minimum atomic E-state index is -0.205. The van der Waals surface area contributed by atoms with Gasteiger partial charge >= 0.3 is 0 Å². The van der Waals surface area contributed by atoms with Crippen LogP contribution in [-0.2, 0) is 6.42 Å². The molecule has 0 aliphatic carbocycles. The molecule has 0 aliphatic heterocycles. The molecule has 2 heteroatoms. The van der Waals surface area contributed by atoms with Crippen molar-refractivity contribution >= 4 is 15.9 Å². The molecule has 0 heterocycles. The number of rotatable bonds is 2. The first-order valence-corrected chi connectivity index (χ1v) is 5.53. The molecule has 15 heavy (non-hydrogen) atoms. The van der Waals surface area contributed by atoms with Gasteiger partial charge in [0.05, 0.1) is 4.47 Å². The SMILES string of the molecule is Fc1cccc(Cc2ccccc2)c1Br. The van der Waals surface area contributed by atoms with E-state index in [0.717, 1.165) is 12.0 Å². The van der Waals surface area contributed by atoms with Gasteiger partial charge in [-0.3, -0.25) is 0 Å².